The van der Waals surface area contributed by atoms with Crippen molar-refractivity contribution < 1.29 is 0 Å². The van der Waals surface area contributed by atoms with Crippen molar-refractivity contribution in [1.29, 1.82) is 0 Å². The van der Waals surface area contributed by atoms with Crippen LogP contribution in [0.15, 0.2) is 24.3 Å². The molecule has 0 amide bonds. The number of hydrogen-bond acceptors (Lipinski definition) is 2. The first-order valence-corrected chi connectivity index (χ1v) is 7.22. The lowest BCUT2D eigenvalue weighted by atomic mass is 9.86. The summed E-state index contributed by atoms with van der Waals surface area (Å²) in [6, 6.07) is 9.62. The second-order valence-electron chi connectivity index (χ2n) is 5.74. The van der Waals surface area contributed by atoms with Gasteiger partial charge in [-0.05, 0) is 49.4 Å². The Morgan fingerprint density at radius 2 is 1.94 bits per heavy atom. The van der Waals surface area contributed by atoms with Crippen molar-refractivity contribution in [1.82, 2.24) is 0 Å². The lowest BCUT2D eigenvalue weighted by Crippen LogP contribution is -2.35. The van der Waals surface area contributed by atoms with Crippen LogP contribution in [0.25, 0.3) is 0 Å². The van der Waals surface area contributed by atoms with Gasteiger partial charge in [-0.2, -0.15) is 0 Å². The van der Waals surface area contributed by atoms with Crippen LogP contribution in [-0.4, -0.2) is 19.6 Å². The van der Waals surface area contributed by atoms with Crippen molar-refractivity contribution in [2.24, 2.45) is 11.7 Å². The molecule has 0 saturated heterocycles. The first-order chi connectivity index (χ1) is 8.70. The highest BCUT2D eigenvalue weighted by molar-refractivity contribution is 5.48. The molecule has 0 aromatic heterocycles. The Kier molecular flexibility index (Phi) is 4.65. The summed E-state index contributed by atoms with van der Waals surface area (Å²) in [4.78, 5) is 2.46. The summed E-state index contributed by atoms with van der Waals surface area (Å²) < 4.78 is 0. The zero-order valence-electron chi connectivity index (χ0n) is 11.7. The highest BCUT2D eigenvalue weighted by Crippen LogP contribution is 2.29. The van der Waals surface area contributed by atoms with E-state index in [1.807, 2.05) is 0 Å². The monoisotopic (exact) mass is 246 g/mol. The lowest BCUT2D eigenvalue weighted by molar-refractivity contribution is 0.336. The highest BCUT2D eigenvalue weighted by atomic mass is 15.1. The minimum Gasteiger partial charge on any atom is -0.372 e. The smallest absolute Gasteiger partial charge is 0.0366 e. The largest absolute Gasteiger partial charge is 0.372 e. The van der Waals surface area contributed by atoms with Crippen molar-refractivity contribution in [3.63, 3.8) is 0 Å². The van der Waals surface area contributed by atoms with Crippen LogP contribution in [0.3, 0.4) is 0 Å². The number of benzene rings is 1. The van der Waals surface area contributed by atoms with Crippen molar-refractivity contribution in [2.75, 3.05) is 18.5 Å². The lowest BCUT2D eigenvalue weighted by Gasteiger charge is -2.35. The van der Waals surface area contributed by atoms with Gasteiger partial charge in [0.15, 0.2) is 0 Å². The summed E-state index contributed by atoms with van der Waals surface area (Å²) in [6.07, 6.45) is 6.43. The van der Waals surface area contributed by atoms with E-state index < -0.39 is 0 Å². The van der Waals surface area contributed by atoms with Crippen LogP contribution in [0.5, 0.6) is 0 Å². The van der Waals surface area contributed by atoms with E-state index in [9.17, 15) is 0 Å². The molecule has 0 aliphatic heterocycles. The summed E-state index contributed by atoms with van der Waals surface area (Å²) in [7, 11) is 2.24. The molecule has 1 fully saturated rings. The third kappa shape index (κ3) is 3.26. The Labute approximate surface area is 111 Å². The van der Waals surface area contributed by atoms with Gasteiger partial charge >= 0.3 is 0 Å². The molecule has 1 saturated carbocycles. The molecule has 2 atom stereocenters. The van der Waals surface area contributed by atoms with Gasteiger partial charge in [0.05, 0.1) is 0 Å². The molecular formula is C16H26N2. The minimum atomic E-state index is 0.717. The van der Waals surface area contributed by atoms with Gasteiger partial charge in [-0.25, -0.2) is 0 Å². The van der Waals surface area contributed by atoms with Crippen molar-refractivity contribution in [2.45, 2.75) is 45.1 Å². The number of hydrogen-bond donors (Lipinski definition) is 1. The molecule has 2 N–H and O–H groups in total. The maximum absolute atomic E-state index is 5.58. The van der Waals surface area contributed by atoms with E-state index in [4.69, 9.17) is 5.73 Å². The van der Waals surface area contributed by atoms with Crippen molar-refractivity contribution >= 4 is 5.69 Å². The van der Waals surface area contributed by atoms with Crippen LogP contribution in [0.1, 0.15) is 38.2 Å². The third-order valence-electron chi connectivity index (χ3n) is 4.23. The zero-order valence-corrected chi connectivity index (χ0v) is 11.7. The van der Waals surface area contributed by atoms with Gasteiger partial charge in [0.1, 0.15) is 0 Å². The molecule has 1 aliphatic rings. The molecule has 0 spiro atoms. The SMILES string of the molecule is CC1CCCC(N(C)c2ccc(CCN)cc2)C1. The number of nitrogens with zero attached hydrogens (tertiary/aromatic N) is 1. The predicted molar refractivity (Wildman–Crippen MR) is 79.0 cm³/mol. The molecule has 2 rings (SSSR count). The van der Waals surface area contributed by atoms with E-state index >= 15 is 0 Å². The van der Waals surface area contributed by atoms with Gasteiger partial charge in [-0.1, -0.05) is 31.9 Å². The Morgan fingerprint density at radius 3 is 2.56 bits per heavy atom. The summed E-state index contributed by atoms with van der Waals surface area (Å²) in [5, 5.41) is 0. The van der Waals surface area contributed by atoms with E-state index in [0.717, 1.165) is 18.9 Å². The fourth-order valence-corrected chi connectivity index (χ4v) is 3.03. The molecule has 1 aromatic carbocycles. The first-order valence-electron chi connectivity index (χ1n) is 7.22. The van der Waals surface area contributed by atoms with Gasteiger partial charge in [-0.15, -0.1) is 0 Å². The van der Waals surface area contributed by atoms with E-state index in [2.05, 4.69) is 43.1 Å². The average Bonchev–Trinajstić information content (AvgIpc) is 2.39. The second-order valence-corrected chi connectivity index (χ2v) is 5.74. The molecule has 2 heteroatoms. The average molecular weight is 246 g/mol. The number of rotatable bonds is 4. The van der Waals surface area contributed by atoms with E-state index in [-0.39, 0.29) is 0 Å². The molecule has 1 aromatic rings. The highest BCUT2D eigenvalue weighted by Gasteiger charge is 2.22. The number of anilines is 1. The maximum atomic E-state index is 5.58. The fraction of sp³-hybridized carbons (Fsp3) is 0.625. The molecule has 2 unspecified atom stereocenters. The summed E-state index contributed by atoms with van der Waals surface area (Å²) in [5.74, 6) is 0.878. The van der Waals surface area contributed by atoms with Crippen LogP contribution in [0, 0.1) is 5.92 Å². The molecule has 1 aliphatic carbocycles. The Morgan fingerprint density at radius 1 is 1.22 bits per heavy atom. The molecule has 100 valence electrons. The van der Waals surface area contributed by atoms with Crippen LogP contribution in [0.4, 0.5) is 5.69 Å². The van der Waals surface area contributed by atoms with Crippen LogP contribution >= 0.6 is 0 Å². The van der Waals surface area contributed by atoms with Gasteiger partial charge in [0.2, 0.25) is 0 Å². The predicted octanol–water partition coefficient (Wildman–Crippen LogP) is 3.20. The third-order valence-corrected chi connectivity index (χ3v) is 4.23. The van der Waals surface area contributed by atoms with Crippen LogP contribution < -0.4 is 10.6 Å². The van der Waals surface area contributed by atoms with E-state index in [0.29, 0.717) is 6.04 Å². The second kappa shape index (κ2) is 6.24. The van der Waals surface area contributed by atoms with Crippen molar-refractivity contribution in [3.05, 3.63) is 29.8 Å². The summed E-state index contributed by atoms with van der Waals surface area (Å²) in [5.41, 5.74) is 8.26. The van der Waals surface area contributed by atoms with Gasteiger partial charge in [0.25, 0.3) is 0 Å². The topological polar surface area (TPSA) is 29.3 Å². The molecule has 18 heavy (non-hydrogen) atoms. The molecule has 0 heterocycles. The number of nitrogens with two attached hydrogens (primary N) is 1. The molecule has 0 bridgehead atoms. The van der Waals surface area contributed by atoms with E-state index in [1.54, 1.807) is 0 Å². The van der Waals surface area contributed by atoms with Crippen molar-refractivity contribution in [3.8, 4) is 0 Å². The van der Waals surface area contributed by atoms with Gasteiger partial charge < -0.3 is 10.6 Å². The Balaban J connectivity index is 2.01. The summed E-state index contributed by atoms with van der Waals surface area (Å²) in [6.45, 7) is 3.11. The zero-order chi connectivity index (χ0) is 13.0. The van der Waals surface area contributed by atoms with Gasteiger partial charge in [-0.3, -0.25) is 0 Å². The first kappa shape index (κ1) is 13.4. The Bertz CT molecular complexity index is 358. The normalized spacial score (nSPS) is 23.9. The standard InChI is InChI=1S/C16H26N2/c1-13-4-3-5-16(12-13)18(2)15-8-6-14(7-9-15)10-11-17/h6-9,13,16H,3-5,10-12,17H2,1-2H3. The molecular weight excluding hydrogens is 220 g/mol. The quantitative estimate of drug-likeness (QED) is 0.884. The Hall–Kier alpha value is -1.02. The maximum Gasteiger partial charge on any atom is 0.0366 e. The van der Waals surface area contributed by atoms with Gasteiger partial charge in [0, 0.05) is 18.8 Å². The van der Waals surface area contributed by atoms with E-state index in [1.165, 1.54) is 36.9 Å². The molecule has 2 nitrogen and oxygen atoms in total. The van der Waals surface area contributed by atoms with Crippen LogP contribution in [0.2, 0.25) is 0 Å². The minimum absolute atomic E-state index is 0.717. The fourth-order valence-electron chi connectivity index (χ4n) is 3.03. The molecule has 0 radical (unpaired) electrons. The summed E-state index contributed by atoms with van der Waals surface area (Å²) >= 11 is 0. The van der Waals surface area contributed by atoms with Crippen LogP contribution in [-0.2, 0) is 6.42 Å².